The van der Waals surface area contributed by atoms with E-state index in [9.17, 15) is 4.39 Å². The number of fused-ring (bicyclic) bond motifs is 1. The molecule has 2 heterocycles. The SMILES string of the molecule is Fc1ccc2c(c1)nc(C1CC1)n2-c1cccnc1. The maximum atomic E-state index is 13.3. The molecule has 0 aliphatic heterocycles. The number of imidazole rings is 1. The van der Waals surface area contributed by atoms with Crippen LogP contribution in [0.1, 0.15) is 24.6 Å². The van der Waals surface area contributed by atoms with Gasteiger partial charge in [0.2, 0.25) is 0 Å². The van der Waals surface area contributed by atoms with Gasteiger partial charge in [0.25, 0.3) is 0 Å². The molecule has 3 aromatic rings. The zero-order chi connectivity index (χ0) is 12.8. The van der Waals surface area contributed by atoms with E-state index in [1.807, 2.05) is 18.3 Å². The minimum absolute atomic E-state index is 0.245. The molecule has 0 radical (unpaired) electrons. The molecule has 0 saturated heterocycles. The van der Waals surface area contributed by atoms with Crippen molar-refractivity contribution in [3.8, 4) is 5.69 Å². The summed E-state index contributed by atoms with van der Waals surface area (Å²) in [5.41, 5.74) is 2.64. The summed E-state index contributed by atoms with van der Waals surface area (Å²) in [7, 11) is 0. The number of hydrogen-bond acceptors (Lipinski definition) is 2. The molecule has 1 aromatic carbocycles. The number of hydrogen-bond donors (Lipinski definition) is 0. The van der Waals surface area contributed by atoms with Crippen molar-refractivity contribution in [2.45, 2.75) is 18.8 Å². The zero-order valence-corrected chi connectivity index (χ0v) is 10.3. The fraction of sp³-hybridized carbons (Fsp3) is 0.200. The van der Waals surface area contributed by atoms with Crippen LogP contribution < -0.4 is 0 Å². The van der Waals surface area contributed by atoms with E-state index < -0.39 is 0 Å². The third kappa shape index (κ3) is 1.71. The molecular weight excluding hydrogens is 241 g/mol. The number of benzene rings is 1. The quantitative estimate of drug-likeness (QED) is 0.700. The van der Waals surface area contributed by atoms with E-state index in [1.165, 1.54) is 12.1 Å². The van der Waals surface area contributed by atoms with E-state index in [-0.39, 0.29) is 5.82 Å². The second kappa shape index (κ2) is 3.88. The van der Waals surface area contributed by atoms with Crippen molar-refractivity contribution in [1.29, 1.82) is 0 Å². The molecule has 0 atom stereocenters. The fourth-order valence-electron chi connectivity index (χ4n) is 2.44. The van der Waals surface area contributed by atoms with Crippen LogP contribution in [0.4, 0.5) is 4.39 Å². The molecule has 19 heavy (non-hydrogen) atoms. The van der Waals surface area contributed by atoms with Gasteiger partial charge in [0.1, 0.15) is 11.6 Å². The second-order valence-electron chi connectivity index (χ2n) is 4.92. The van der Waals surface area contributed by atoms with Crippen molar-refractivity contribution in [3.05, 3.63) is 54.4 Å². The first-order valence-electron chi connectivity index (χ1n) is 6.41. The van der Waals surface area contributed by atoms with E-state index in [2.05, 4.69) is 14.5 Å². The van der Waals surface area contributed by atoms with Gasteiger partial charge in [-0.25, -0.2) is 9.37 Å². The topological polar surface area (TPSA) is 30.7 Å². The first kappa shape index (κ1) is 10.7. The van der Waals surface area contributed by atoms with Gasteiger partial charge in [0, 0.05) is 18.2 Å². The predicted molar refractivity (Wildman–Crippen MR) is 70.8 cm³/mol. The molecule has 1 saturated carbocycles. The van der Waals surface area contributed by atoms with E-state index >= 15 is 0 Å². The summed E-state index contributed by atoms with van der Waals surface area (Å²) in [4.78, 5) is 8.77. The van der Waals surface area contributed by atoms with Crippen LogP contribution in [0.25, 0.3) is 16.7 Å². The summed E-state index contributed by atoms with van der Waals surface area (Å²) in [6, 6.07) is 8.67. The van der Waals surface area contributed by atoms with Crippen LogP contribution in [-0.4, -0.2) is 14.5 Å². The number of rotatable bonds is 2. The Hall–Kier alpha value is -2.23. The maximum Gasteiger partial charge on any atom is 0.125 e. The van der Waals surface area contributed by atoms with Crippen LogP contribution in [0, 0.1) is 5.82 Å². The van der Waals surface area contributed by atoms with Crippen molar-refractivity contribution < 1.29 is 4.39 Å². The first-order valence-corrected chi connectivity index (χ1v) is 6.41. The third-order valence-electron chi connectivity index (χ3n) is 3.49. The summed E-state index contributed by atoms with van der Waals surface area (Å²) in [6.45, 7) is 0. The number of nitrogens with zero attached hydrogens (tertiary/aromatic N) is 3. The van der Waals surface area contributed by atoms with Gasteiger partial charge in [-0.15, -0.1) is 0 Å². The number of halogens is 1. The summed E-state index contributed by atoms with van der Waals surface area (Å²) in [5.74, 6) is 1.27. The van der Waals surface area contributed by atoms with E-state index in [1.54, 1.807) is 12.3 Å². The highest BCUT2D eigenvalue weighted by atomic mass is 19.1. The van der Waals surface area contributed by atoms with Crippen molar-refractivity contribution in [3.63, 3.8) is 0 Å². The van der Waals surface area contributed by atoms with Gasteiger partial charge in [-0.3, -0.25) is 9.55 Å². The van der Waals surface area contributed by atoms with Gasteiger partial charge in [0.15, 0.2) is 0 Å². The molecule has 0 bridgehead atoms. The number of aromatic nitrogens is 3. The fourth-order valence-corrected chi connectivity index (χ4v) is 2.44. The van der Waals surface area contributed by atoms with E-state index in [4.69, 9.17) is 0 Å². The summed E-state index contributed by atoms with van der Waals surface area (Å²) >= 11 is 0. The Labute approximate surface area is 109 Å². The molecule has 0 unspecified atom stereocenters. The molecule has 1 aliphatic rings. The Balaban J connectivity index is 2.03. The average Bonchev–Trinajstić information content (AvgIpc) is 3.21. The molecule has 1 aliphatic carbocycles. The largest absolute Gasteiger partial charge is 0.294 e. The monoisotopic (exact) mass is 253 g/mol. The molecule has 4 heteroatoms. The van der Waals surface area contributed by atoms with Gasteiger partial charge in [-0.2, -0.15) is 0 Å². The van der Waals surface area contributed by atoms with Gasteiger partial charge in [-0.1, -0.05) is 0 Å². The highest BCUT2D eigenvalue weighted by Gasteiger charge is 2.30. The highest BCUT2D eigenvalue weighted by molar-refractivity contribution is 5.78. The molecule has 0 spiro atoms. The summed E-state index contributed by atoms with van der Waals surface area (Å²) in [6.07, 6.45) is 5.88. The lowest BCUT2D eigenvalue weighted by Crippen LogP contribution is -2.00. The minimum atomic E-state index is -0.245. The number of pyridine rings is 1. The van der Waals surface area contributed by atoms with Crippen molar-refractivity contribution in [1.82, 2.24) is 14.5 Å². The maximum absolute atomic E-state index is 13.3. The van der Waals surface area contributed by atoms with Crippen LogP contribution in [0.5, 0.6) is 0 Å². The molecule has 4 rings (SSSR count). The summed E-state index contributed by atoms with van der Waals surface area (Å²) < 4.78 is 15.4. The second-order valence-corrected chi connectivity index (χ2v) is 4.92. The van der Waals surface area contributed by atoms with Gasteiger partial charge in [-0.05, 0) is 37.1 Å². The van der Waals surface area contributed by atoms with Crippen LogP contribution in [-0.2, 0) is 0 Å². The molecule has 1 fully saturated rings. The van der Waals surface area contributed by atoms with Crippen LogP contribution >= 0.6 is 0 Å². The lowest BCUT2D eigenvalue weighted by atomic mass is 10.3. The third-order valence-corrected chi connectivity index (χ3v) is 3.49. The molecule has 0 N–H and O–H groups in total. The lowest BCUT2D eigenvalue weighted by Gasteiger charge is -2.07. The predicted octanol–water partition coefficient (Wildman–Crippen LogP) is 3.44. The van der Waals surface area contributed by atoms with Crippen LogP contribution in [0.3, 0.4) is 0 Å². The molecule has 3 nitrogen and oxygen atoms in total. The Morgan fingerprint density at radius 3 is 2.84 bits per heavy atom. The molecular formula is C15H12FN3. The van der Waals surface area contributed by atoms with Gasteiger partial charge >= 0.3 is 0 Å². The highest BCUT2D eigenvalue weighted by Crippen LogP contribution is 2.41. The van der Waals surface area contributed by atoms with E-state index in [0.717, 1.165) is 29.9 Å². The average molecular weight is 253 g/mol. The lowest BCUT2D eigenvalue weighted by molar-refractivity contribution is 0.629. The molecule has 94 valence electrons. The van der Waals surface area contributed by atoms with Crippen LogP contribution in [0.2, 0.25) is 0 Å². The Kier molecular flexibility index (Phi) is 2.18. The Morgan fingerprint density at radius 2 is 2.11 bits per heavy atom. The first-order chi connectivity index (χ1) is 9.33. The van der Waals surface area contributed by atoms with Gasteiger partial charge in [0.05, 0.1) is 22.9 Å². The Bertz CT molecular complexity index is 745. The van der Waals surface area contributed by atoms with Crippen molar-refractivity contribution in [2.24, 2.45) is 0 Å². The zero-order valence-electron chi connectivity index (χ0n) is 10.3. The normalized spacial score (nSPS) is 15.0. The van der Waals surface area contributed by atoms with Crippen LogP contribution in [0.15, 0.2) is 42.7 Å². The minimum Gasteiger partial charge on any atom is -0.294 e. The standard InChI is InChI=1S/C15H12FN3/c16-11-5-6-14-13(8-11)18-15(10-3-4-10)19(14)12-2-1-7-17-9-12/h1-2,5-10H,3-4H2. The van der Waals surface area contributed by atoms with Gasteiger partial charge < -0.3 is 0 Å². The smallest absolute Gasteiger partial charge is 0.125 e. The molecule has 2 aromatic heterocycles. The van der Waals surface area contributed by atoms with Crippen molar-refractivity contribution >= 4 is 11.0 Å². The Morgan fingerprint density at radius 1 is 1.21 bits per heavy atom. The van der Waals surface area contributed by atoms with E-state index in [0.29, 0.717) is 11.4 Å². The van der Waals surface area contributed by atoms with Crippen molar-refractivity contribution in [2.75, 3.05) is 0 Å². The molecule has 0 amide bonds. The summed E-state index contributed by atoms with van der Waals surface area (Å²) in [5, 5.41) is 0.